The Bertz CT molecular complexity index is 357. The second-order valence-corrected chi connectivity index (χ2v) is 7.54. The smallest absolute Gasteiger partial charge is 0.224 e. The molecule has 3 saturated carbocycles. The van der Waals surface area contributed by atoms with Gasteiger partial charge < -0.3 is 11.1 Å². The van der Waals surface area contributed by atoms with Crippen LogP contribution in [0.1, 0.15) is 64.7 Å². The van der Waals surface area contributed by atoms with Crippen molar-refractivity contribution in [2.24, 2.45) is 29.4 Å². The molecule has 20 heavy (non-hydrogen) atoms. The van der Waals surface area contributed by atoms with Crippen molar-refractivity contribution < 1.29 is 4.79 Å². The van der Waals surface area contributed by atoms with Crippen LogP contribution in [0, 0.1) is 23.7 Å². The summed E-state index contributed by atoms with van der Waals surface area (Å²) in [7, 11) is 0. The highest BCUT2D eigenvalue weighted by Crippen LogP contribution is 2.49. The minimum atomic E-state index is 0.0542. The number of hydrogen-bond donors (Lipinski definition) is 2. The monoisotopic (exact) mass is 278 g/mol. The van der Waals surface area contributed by atoms with E-state index in [4.69, 9.17) is 5.73 Å². The molecule has 0 radical (unpaired) electrons. The maximum atomic E-state index is 12.5. The van der Waals surface area contributed by atoms with E-state index in [2.05, 4.69) is 12.2 Å². The first-order chi connectivity index (χ1) is 9.65. The van der Waals surface area contributed by atoms with Gasteiger partial charge in [0.25, 0.3) is 0 Å². The summed E-state index contributed by atoms with van der Waals surface area (Å²) in [6.45, 7) is 2.21. The van der Waals surface area contributed by atoms with Crippen LogP contribution >= 0.6 is 0 Å². The predicted octanol–water partition coefficient (Wildman–Crippen LogP) is 2.83. The lowest BCUT2D eigenvalue weighted by molar-refractivity contribution is -0.126. The molecule has 0 aromatic rings. The summed E-state index contributed by atoms with van der Waals surface area (Å²) >= 11 is 0. The van der Waals surface area contributed by atoms with E-state index in [0.717, 1.165) is 37.0 Å². The number of rotatable bonds is 3. The molecule has 3 N–H and O–H groups in total. The van der Waals surface area contributed by atoms with Gasteiger partial charge in [-0.25, -0.2) is 0 Å². The molecule has 0 aromatic heterocycles. The maximum Gasteiger partial charge on any atom is 0.224 e. The molecule has 3 heteroatoms. The van der Waals surface area contributed by atoms with Gasteiger partial charge in [-0.1, -0.05) is 25.7 Å². The maximum absolute atomic E-state index is 12.5. The predicted molar refractivity (Wildman–Crippen MR) is 81.1 cm³/mol. The van der Waals surface area contributed by atoms with Gasteiger partial charge in [-0.3, -0.25) is 4.79 Å². The zero-order chi connectivity index (χ0) is 14.1. The fourth-order valence-electron chi connectivity index (χ4n) is 5.01. The number of amides is 1. The van der Waals surface area contributed by atoms with Gasteiger partial charge in [0, 0.05) is 12.1 Å². The molecule has 3 fully saturated rings. The van der Waals surface area contributed by atoms with E-state index in [-0.39, 0.29) is 17.9 Å². The minimum absolute atomic E-state index is 0.0542. The number of nitrogens with one attached hydrogen (secondary N) is 1. The van der Waals surface area contributed by atoms with E-state index in [1.807, 2.05) is 0 Å². The highest BCUT2D eigenvalue weighted by atomic mass is 16.2. The number of carbonyl (C=O) groups excluding carboxylic acids is 1. The number of nitrogens with two attached hydrogens (primary N) is 1. The topological polar surface area (TPSA) is 55.1 Å². The Hall–Kier alpha value is -0.570. The summed E-state index contributed by atoms with van der Waals surface area (Å²) in [6.07, 6.45) is 11.1. The van der Waals surface area contributed by atoms with Gasteiger partial charge in [-0.05, 0) is 56.8 Å². The van der Waals surface area contributed by atoms with Crippen molar-refractivity contribution in [1.29, 1.82) is 0 Å². The van der Waals surface area contributed by atoms with E-state index in [1.165, 1.54) is 38.5 Å². The van der Waals surface area contributed by atoms with Gasteiger partial charge >= 0.3 is 0 Å². The summed E-state index contributed by atoms with van der Waals surface area (Å²) in [6, 6.07) is 0.415. The van der Waals surface area contributed by atoms with E-state index < -0.39 is 0 Å². The zero-order valence-corrected chi connectivity index (χ0v) is 12.8. The Kier molecular flexibility index (Phi) is 4.34. The average Bonchev–Trinajstić information content (AvgIpc) is 2.98. The van der Waals surface area contributed by atoms with Crippen molar-refractivity contribution in [3.8, 4) is 0 Å². The van der Waals surface area contributed by atoms with Gasteiger partial charge in [0.1, 0.15) is 0 Å². The second kappa shape index (κ2) is 6.05. The molecular weight excluding hydrogens is 248 g/mol. The van der Waals surface area contributed by atoms with Crippen LogP contribution in [0.4, 0.5) is 0 Å². The quantitative estimate of drug-likeness (QED) is 0.780. The van der Waals surface area contributed by atoms with Crippen LogP contribution in [-0.2, 0) is 4.79 Å². The molecule has 3 rings (SSSR count). The Morgan fingerprint density at radius 3 is 2.60 bits per heavy atom. The van der Waals surface area contributed by atoms with Crippen molar-refractivity contribution in [2.75, 3.05) is 0 Å². The molecule has 6 atom stereocenters. The highest BCUT2D eigenvalue weighted by molar-refractivity contribution is 5.79. The molecule has 6 unspecified atom stereocenters. The highest BCUT2D eigenvalue weighted by Gasteiger charge is 2.42. The molecule has 2 bridgehead atoms. The van der Waals surface area contributed by atoms with Gasteiger partial charge in [0.05, 0.1) is 5.92 Å². The van der Waals surface area contributed by atoms with Crippen molar-refractivity contribution in [1.82, 2.24) is 5.32 Å². The van der Waals surface area contributed by atoms with Crippen LogP contribution in [0.5, 0.6) is 0 Å². The normalized spacial score (nSPS) is 42.2. The van der Waals surface area contributed by atoms with E-state index in [9.17, 15) is 4.79 Å². The molecule has 0 aliphatic heterocycles. The first kappa shape index (κ1) is 14.4. The molecule has 0 spiro atoms. The zero-order valence-electron chi connectivity index (χ0n) is 12.8. The van der Waals surface area contributed by atoms with Gasteiger partial charge in [0.15, 0.2) is 0 Å². The van der Waals surface area contributed by atoms with E-state index >= 15 is 0 Å². The van der Waals surface area contributed by atoms with E-state index in [0.29, 0.717) is 6.04 Å². The summed E-state index contributed by atoms with van der Waals surface area (Å²) in [5.41, 5.74) is 6.21. The van der Waals surface area contributed by atoms with Gasteiger partial charge in [-0.15, -0.1) is 0 Å². The van der Waals surface area contributed by atoms with Gasteiger partial charge in [-0.2, -0.15) is 0 Å². The third-order valence-electron chi connectivity index (χ3n) is 6.21. The fraction of sp³-hybridized carbons (Fsp3) is 0.941. The summed E-state index contributed by atoms with van der Waals surface area (Å²) < 4.78 is 0. The first-order valence-electron chi connectivity index (χ1n) is 8.71. The summed E-state index contributed by atoms with van der Waals surface area (Å²) in [5, 5.41) is 3.32. The Labute approximate surface area is 123 Å². The lowest BCUT2D eigenvalue weighted by atomic mass is 9.83. The Morgan fingerprint density at radius 1 is 1.10 bits per heavy atom. The van der Waals surface area contributed by atoms with Crippen molar-refractivity contribution >= 4 is 5.91 Å². The molecule has 0 heterocycles. The van der Waals surface area contributed by atoms with Crippen LogP contribution < -0.4 is 11.1 Å². The van der Waals surface area contributed by atoms with Crippen LogP contribution in [0.15, 0.2) is 0 Å². The standard InChI is InChI=1S/C17H30N2O/c1-11(15-10-12-7-8-13(15)9-12)19-17(20)14-5-3-2-4-6-16(14)18/h11-16H,2-10,18H2,1H3,(H,19,20). The van der Waals surface area contributed by atoms with Crippen molar-refractivity contribution in [3.63, 3.8) is 0 Å². The summed E-state index contributed by atoms with van der Waals surface area (Å²) in [5.74, 6) is 2.83. The summed E-state index contributed by atoms with van der Waals surface area (Å²) in [4.78, 5) is 12.5. The SMILES string of the molecule is CC(NC(=O)C1CCCCCC1N)C1CC2CCC1C2. The first-order valence-corrected chi connectivity index (χ1v) is 8.71. The Morgan fingerprint density at radius 2 is 1.90 bits per heavy atom. The largest absolute Gasteiger partial charge is 0.353 e. The van der Waals surface area contributed by atoms with Crippen LogP contribution in [-0.4, -0.2) is 18.0 Å². The van der Waals surface area contributed by atoms with Crippen LogP contribution in [0.2, 0.25) is 0 Å². The van der Waals surface area contributed by atoms with E-state index in [1.54, 1.807) is 0 Å². The Balaban J connectivity index is 1.55. The number of carbonyl (C=O) groups is 1. The van der Waals surface area contributed by atoms with Gasteiger partial charge in [0.2, 0.25) is 5.91 Å². The third kappa shape index (κ3) is 2.88. The van der Waals surface area contributed by atoms with Crippen LogP contribution in [0.25, 0.3) is 0 Å². The number of hydrogen-bond acceptors (Lipinski definition) is 2. The molecule has 3 aliphatic rings. The molecular formula is C17H30N2O. The average molecular weight is 278 g/mol. The molecule has 3 aliphatic carbocycles. The van der Waals surface area contributed by atoms with Crippen molar-refractivity contribution in [3.05, 3.63) is 0 Å². The fourth-order valence-corrected chi connectivity index (χ4v) is 5.01. The molecule has 1 amide bonds. The molecule has 0 saturated heterocycles. The molecule has 114 valence electrons. The lowest BCUT2D eigenvalue weighted by Gasteiger charge is -2.30. The minimum Gasteiger partial charge on any atom is -0.353 e. The van der Waals surface area contributed by atoms with Crippen molar-refractivity contribution in [2.45, 2.75) is 76.8 Å². The third-order valence-corrected chi connectivity index (χ3v) is 6.21. The van der Waals surface area contributed by atoms with Crippen LogP contribution in [0.3, 0.4) is 0 Å². The number of fused-ring (bicyclic) bond motifs is 2. The molecule has 0 aromatic carbocycles. The molecule has 3 nitrogen and oxygen atoms in total. The second-order valence-electron chi connectivity index (χ2n) is 7.54. The lowest BCUT2D eigenvalue weighted by Crippen LogP contribution is -2.47.